The molecule has 0 aliphatic rings. The van der Waals surface area contributed by atoms with E-state index in [-0.39, 0.29) is 17.8 Å². The summed E-state index contributed by atoms with van der Waals surface area (Å²) >= 11 is 0. The Balaban J connectivity index is 2.21. The fourth-order valence-corrected chi connectivity index (χ4v) is 2.33. The van der Waals surface area contributed by atoms with Gasteiger partial charge in [0.05, 0.1) is 20.3 Å². The van der Waals surface area contributed by atoms with E-state index in [4.69, 9.17) is 9.47 Å². The second-order valence-corrected chi connectivity index (χ2v) is 5.25. The number of benzene rings is 2. The van der Waals surface area contributed by atoms with Crippen LogP contribution < -0.4 is 14.8 Å². The fourth-order valence-electron chi connectivity index (χ4n) is 2.33. The largest absolute Gasteiger partial charge is 0.496 e. The molecule has 122 valence electrons. The molecule has 0 aliphatic heterocycles. The van der Waals surface area contributed by atoms with Crippen molar-refractivity contribution in [1.29, 1.82) is 0 Å². The Bertz CT molecular complexity index is 673. The van der Waals surface area contributed by atoms with Crippen LogP contribution in [0.2, 0.25) is 0 Å². The first kappa shape index (κ1) is 16.8. The molecule has 0 aliphatic carbocycles. The average molecular weight is 317 g/mol. The summed E-state index contributed by atoms with van der Waals surface area (Å²) in [4.78, 5) is 12.4. The first-order valence-electron chi connectivity index (χ1n) is 7.25. The smallest absolute Gasteiger partial charge is 0.252 e. The van der Waals surface area contributed by atoms with E-state index >= 15 is 0 Å². The topological polar surface area (TPSA) is 47.6 Å². The predicted octanol–water partition coefficient (Wildman–Crippen LogP) is 3.64. The Labute approximate surface area is 135 Å². The molecule has 0 aromatic heterocycles. The summed E-state index contributed by atoms with van der Waals surface area (Å²) in [5.41, 5.74) is 2.10. The molecule has 1 atom stereocenters. The minimum atomic E-state index is -0.305. The van der Waals surface area contributed by atoms with Crippen LogP contribution in [0, 0.1) is 12.7 Å². The van der Waals surface area contributed by atoms with Gasteiger partial charge in [0, 0.05) is 11.1 Å². The molecule has 1 amide bonds. The van der Waals surface area contributed by atoms with E-state index in [0.29, 0.717) is 17.1 Å². The summed E-state index contributed by atoms with van der Waals surface area (Å²) in [5.74, 6) is 0.617. The zero-order valence-corrected chi connectivity index (χ0v) is 13.6. The van der Waals surface area contributed by atoms with Crippen LogP contribution >= 0.6 is 0 Å². The van der Waals surface area contributed by atoms with Crippen LogP contribution in [-0.4, -0.2) is 20.1 Å². The standard InChI is InChI=1S/C18H20FNO3/c1-11-16(22-3)9-14(10-17(11)23-4)18(21)20-12(2)13-5-7-15(19)8-6-13/h5-10,12H,1-4H3,(H,20,21). The van der Waals surface area contributed by atoms with Crippen molar-refractivity contribution in [3.05, 3.63) is 58.9 Å². The normalized spacial score (nSPS) is 11.7. The average Bonchev–Trinajstić information content (AvgIpc) is 2.55. The summed E-state index contributed by atoms with van der Waals surface area (Å²) in [5, 5.41) is 2.88. The Kier molecular flexibility index (Phi) is 5.21. The van der Waals surface area contributed by atoms with E-state index in [9.17, 15) is 9.18 Å². The molecule has 1 unspecified atom stereocenters. The molecule has 2 rings (SSSR count). The molecule has 0 saturated heterocycles. The molecule has 2 aromatic carbocycles. The summed E-state index contributed by atoms with van der Waals surface area (Å²) < 4.78 is 23.5. The second-order valence-electron chi connectivity index (χ2n) is 5.25. The minimum Gasteiger partial charge on any atom is -0.496 e. The van der Waals surface area contributed by atoms with Crippen molar-refractivity contribution < 1.29 is 18.7 Å². The van der Waals surface area contributed by atoms with E-state index in [1.165, 1.54) is 12.1 Å². The number of rotatable bonds is 5. The quantitative estimate of drug-likeness (QED) is 0.916. The lowest BCUT2D eigenvalue weighted by molar-refractivity contribution is 0.0939. The van der Waals surface area contributed by atoms with Gasteiger partial charge in [-0.2, -0.15) is 0 Å². The lowest BCUT2D eigenvalue weighted by atomic mass is 10.1. The summed E-state index contributed by atoms with van der Waals surface area (Å²) in [6.45, 7) is 3.70. The van der Waals surface area contributed by atoms with Crippen molar-refractivity contribution in [3.63, 3.8) is 0 Å². The highest BCUT2D eigenvalue weighted by Crippen LogP contribution is 2.29. The number of amides is 1. The molecule has 23 heavy (non-hydrogen) atoms. The van der Waals surface area contributed by atoms with Crippen LogP contribution in [0.15, 0.2) is 36.4 Å². The van der Waals surface area contributed by atoms with Crippen LogP contribution in [0.3, 0.4) is 0 Å². The van der Waals surface area contributed by atoms with Crippen LogP contribution in [-0.2, 0) is 0 Å². The maximum Gasteiger partial charge on any atom is 0.252 e. The maximum absolute atomic E-state index is 13.0. The van der Waals surface area contributed by atoms with E-state index in [2.05, 4.69) is 5.32 Å². The monoisotopic (exact) mass is 317 g/mol. The molecule has 0 heterocycles. The summed E-state index contributed by atoms with van der Waals surface area (Å²) in [6.07, 6.45) is 0. The molecule has 5 heteroatoms. The number of ether oxygens (including phenoxy) is 2. The SMILES string of the molecule is COc1cc(C(=O)NC(C)c2ccc(F)cc2)cc(OC)c1C. The Morgan fingerprint density at radius 1 is 1.09 bits per heavy atom. The van der Waals surface area contributed by atoms with Crippen LogP contribution in [0.5, 0.6) is 11.5 Å². The molecular weight excluding hydrogens is 297 g/mol. The number of halogens is 1. The number of carbonyl (C=O) groups excluding carboxylic acids is 1. The van der Waals surface area contributed by atoms with Crippen molar-refractivity contribution in [2.75, 3.05) is 14.2 Å². The van der Waals surface area contributed by atoms with Gasteiger partial charge in [-0.25, -0.2) is 4.39 Å². The molecule has 0 bridgehead atoms. The highest BCUT2D eigenvalue weighted by molar-refractivity contribution is 5.95. The third-order valence-corrected chi connectivity index (χ3v) is 3.73. The summed E-state index contributed by atoms with van der Waals surface area (Å²) in [7, 11) is 3.09. The van der Waals surface area contributed by atoms with Crippen molar-refractivity contribution in [2.24, 2.45) is 0 Å². The molecule has 0 saturated carbocycles. The molecular formula is C18H20FNO3. The van der Waals surface area contributed by atoms with Crippen LogP contribution in [0.1, 0.15) is 34.5 Å². The van der Waals surface area contributed by atoms with Gasteiger partial charge >= 0.3 is 0 Å². The fraction of sp³-hybridized carbons (Fsp3) is 0.278. The number of nitrogens with one attached hydrogen (secondary N) is 1. The highest BCUT2D eigenvalue weighted by atomic mass is 19.1. The molecule has 1 N–H and O–H groups in total. The van der Waals surface area contributed by atoms with Gasteiger partial charge < -0.3 is 14.8 Å². The minimum absolute atomic E-state index is 0.249. The molecule has 0 fully saturated rings. The van der Waals surface area contributed by atoms with Crippen molar-refractivity contribution in [3.8, 4) is 11.5 Å². The number of hydrogen-bond donors (Lipinski definition) is 1. The third-order valence-electron chi connectivity index (χ3n) is 3.73. The van der Waals surface area contributed by atoms with Crippen LogP contribution in [0.4, 0.5) is 4.39 Å². The molecule has 2 aromatic rings. The van der Waals surface area contributed by atoms with E-state index in [1.54, 1.807) is 38.5 Å². The predicted molar refractivity (Wildman–Crippen MR) is 86.6 cm³/mol. The highest BCUT2D eigenvalue weighted by Gasteiger charge is 2.16. The zero-order chi connectivity index (χ0) is 17.0. The Morgan fingerprint density at radius 2 is 1.61 bits per heavy atom. The van der Waals surface area contributed by atoms with E-state index in [0.717, 1.165) is 11.1 Å². The number of carbonyl (C=O) groups is 1. The van der Waals surface area contributed by atoms with Gasteiger partial charge in [0.15, 0.2) is 0 Å². The van der Waals surface area contributed by atoms with Crippen molar-refractivity contribution in [2.45, 2.75) is 19.9 Å². The lowest BCUT2D eigenvalue weighted by Crippen LogP contribution is -2.26. The number of methoxy groups -OCH3 is 2. The van der Waals surface area contributed by atoms with Crippen molar-refractivity contribution in [1.82, 2.24) is 5.32 Å². The van der Waals surface area contributed by atoms with E-state index in [1.807, 2.05) is 13.8 Å². The van der Waals surface area contributed by atoms with Gasteiger partial charge in [0.25, 0.3) is 5.91 Å². The van der Waals surface area contributed by atoms with Crippen LogP contribution in [0.25, 0.3) is 0 Å². The molecule has 0 radical (unpaired) electrons. The number of hydrogen-bond acceptors (Lipinski definition) is 3. The molecule has 0 spiro atoms. The second kappa shape index (κ2) is 7.13. The molecule has 4 nitrogen and oxygen atoms in total. The lowest BCUT2D eigenvalue weighted by Gasteiger charge is -2.16. The van der Waals surface area contributed by atoms with Gasteiger partial charge in [-0.3, -0.25) is 4.79 Å². The third kappa shape index (κ3) is 3.80. The van der Waals surface area contributed by atoms with Gasteiger partial charge in [0.2, 0.25) is 0 Å². The zero-order valence-electron chi connectivity index (χ0n) is 13.6. The maximum atomic E-state index is 13.0. The Hall–Kier alpha value is -2.56. The van der Waals surface area contributed by atoms with Gasteiger partial charge in [0.1, 0.15) is 17.3 Å². The van der Waals surface area contributed by atoms with Gasteiger partial charge in [-0.15, -0.1) is 0 Å². The van der Waals surface area contributed by atoms with Gasteiger partial charge in [-0.1, -0.05) is 12.1 Å². The van der Waals surface area contributed by atoms with Gasteiger partial charge in [-0.05, 0) is 43.7 Å². The first-order chi connectivity index (χ1) is 11.0. The first-order valence-corrected chi connectivity index (χ1v) is 7.25. The Morgan fingerprint density at radius 3 is 2.09 bits per heavy atom. The van der Waals surface area contributed by atoms with E-state index < -0.39 is 0 Å². The summed E-state index contributed by atoms with van der Waals surface area (Å²) in [6, 6.07) is 9.13. The van der Waals surface area contributed by atoms with Crippen molar-refractivity contribution >= 4 is 5.91 Å².